The van der Waals surface area contributed by atoms with Gasteiger partial charge in [-0.1, -0.05) is 19.8 Å². The average molecular weight is 274 g/mol. The van der Waals surface area contributed by atoms with Crippen LogP contribution in [-0.2, 0) is 13.6 Å². The second-order valence-corrected chi connectivity index (χ2v) is 6.21. The molecule has 0 amide bonds. The van der Waals surface area contributed by atoms with Crippen LogP contribution in [0, 0.1) is 23.2 Å². The van der Waals surface area contributed by atoms with E-state index in [2.05, 4.69) is 36.2 Å². The molecule has 1 fully saturated rings. The van der Waals surface area contributed by atoms with E-state index in [1.54, 1.807) is 0 Å². The van der Waals surface area contributed by atoms with Gasteiger partial charge in [-0.25, -0.2) is 0 Å². The van der Waals surface area contributed by atoms with E-state index < -0.39 is 0 Å². The maximum absolute atomic E-state index is 9.40. The van der Waals surface area contributed by atoms with Gasteiger partial charge in [0, 0.05) is 31.4 Å². The SMILES string of the molecule is CCCC1CCC(C#N)C(N(C)Cc2cnn(C)c2)C1. The van der Waals surface area contributed by atoms with E-state index in [0.717, 1.165) is 18.9 Å². The summed E-state index contributed by atoms with van der Waals surface area (Å²) in [5.41, 5.74) is 1.23. The van der Waals surface area contributed by atoms with Crippen molar-refractivity contribution in [2.24, 2.45) is 18.9 Å². The van der Waals surface area contributed by atoms with E-state index in [1.807, 2.05) is 17.9 Å². The fraction of sp³-hybridized carbons (Fsp3) is 0.750. The molecule has 4 nitrogen and oxygen atoms in total. The Morgan fingerprint density at radius 1 is 1.50 bits per heavy atom. The molecule has 1 aliphatic rings. The van der Waals surface area contributed by atoms with Crippen molar-refractivity contribution >= 4 is 0 Å². The van der Waals surface area contributed by atoms with Crippen molar-refractivity contribution in [2.75, 3.05) is 7.05 Å². The molecule has 1 heterocycles. The molecular weight excluding hydrogens is 248 g/mol. The standard InChI is InChI=1S/C16H26N4/c1-4-5-13-6-7-15(9-17)16(8-13)19(2)11-14-10-18-20(3)12-14/h10,12-13,15-16H,4-8,11H2,1-3H3. The summed E-state index contributed by atoms with van der Waals surface area (Å²) in [5.74, 6) is 0.982. The first kappa shape index (κ1) is 15.1. The van der Waals surface area contributed by atoms with Crippen molar-refractivity contribution in [3.63, 3.8) is 0 Å². The molecule has 1 aromatic heterocycles. The maximum atomic E-state index is 9.40. The zero-order chi connectivity index (χ0) is 14.5. The highest BCUT2D eigenvalue weighted by atomic mass is 15.2. The second-order valence-electron chi connectivity index (χ2n) is 6.21. The van der Waals surface area contributed by atoms with E-state index in [9.17, 15) is 5.26 Å². The molecule has 0 radical (unpaired) electrons. The van der Waals surface area contributed by atoms with Gasteiger partial charge in [-0.05, 0) is 32.2 Å². The second kappa shape index (κ2) is 6.90. The molecule has 1 aromatic rings. The normalized spacial score (nSPS) is 26.6. The lowest BCUT2D eigenvalue weighted by atomic mass is 9.76. The molecule has 0 N–H and O–H groups in total. The Balaban J connectivity index is 2.00. The van der Waals surface area contributed by atoms with Crippen LogP contribution in [0.25, 0.3) is 0 Å². The van der Waals surface area contributed by atoms with Crippen molar-refractivity contribution in [1.29, 1.82) is 5.26 Å². The fourth-order valence-electron chi connectivity index (χ4n) is 3.50. The third kappa shape index (κ3) is 3.61. The van der Waals surface area contributed by atoms with Gasteiger partial charge in [0.05, 0.1) is 18.2 Å². The molecular formula is C16H26N4. The minimum absolute atomic E-state index is 0.185. The Kier molecular flexibility index (Phi) is 5.19. The van der Waals surface area contributed by atoms with Crippen molar-refractivity contribution in [2.45, 2.75) is 51.6 Å². The van der Waals surface area contributed by atoms with Crippen LogP contribution in [0.3, 0.4) is 0 Å². The van der Waals surface area contributed by atoms with Gasteiger partial charge in [0.15, 0.2) is 0 Å². The molecule has 1 saturated carbocycles. The summed E-state index contributed by atoms with van der Waals surface area (Å²) >= 11 is 0. The van der Waals surface area contributed by atoms with Gasteiger partial charge in [0.25, 0.3) is 0 Å². The number of aryl methyl sites for hydroxylation is 1. The summed E-state index contributed by atoms with van der Waals surface area (Å²) in [6.07, 6.45) is 9.99. The fourth-order valence-corrected chi connectivity index (χ4v) is 3.50. The lowest BCUT2D eigenvalue weighted by Crippen LogP contribution is -2.41. The van der Waals surface area contributed by atoms with Crippen LogP contribution < -0.4 is 0 Å². The Morgan fingerprint density at radius 2 is 2.30 bits per heavy atom. The summed E-state index contributed by atoms with van der Waals surface area (Å²) in [4.78, 5) is 2.35. The Bertz CT molecular complexity index is 459. The van der Waals surface area contributed by atoms with Crippen LogP contribution in [-0.4, -0.2) is 27.8 Å². The molecule has 20 heavy (non-hydrogen) atoms. The molecule has 4 heteroatoms. The number of hydrogen-bond acceptors (Lipinski definition) is 3. The Hall–Kier alpha value is -1.34. The summed E-state index contributed by atoms with van der Waals surface area (Å²) in [5, 5.41) is 13.6. The summed E-state index contributed by atoms with van der Waals surface area (Å²) in [6, 6.07) is 2.92. The first-order chi connectivity index (χ1) is 9.63. The van der Waals surface area contributed by atoms with Gasteiger partial charge in [-0.3, -0.25) is 9.58 Å². The number of hydrogen-bond donors (Lipinski definition) is 0. The molecule has 0 aliphatic heterocycles. The lowest BCUT2D eigenvalue weighted by molar-refractivity contribution is 0.116. The van der Waals surface area contributed by atoms with E-state index in [4.69, 9.17) is 0 Å². The van der Waals surface area contributed by atoms with E-state index in [0.29, 0.717) is 6.04 Å². The predicted octanol–water partition coefficient (Wildman–Crippen LogP) is 2.96. The third-order valence-corrected chi connectivity index (χ3v) is 4.54. The third-order valence-electron chi connectivity index (χ3n) is 4.54. The number of aromatic nitrogens is 2. The van der Waals surface area contributed by atoms with E-state index in [1.165, 1.54) is 31.2 Å². The van der Waals surface area contributed by atoms with Crippen molar-refractivity contribution in [1.82, 2.24) is 14.7 Å². The van der Waals surface area contributed by atoms with Gasteiger partial charge in [-0.2, -0.15) is 10.4 Å². The lowest BCUT2D eigenvalue weighted by Gasteiger charge is -2.38. The van der Waals surface area contributed by atoms with Gasteiger partial charge in [0.2, 0.25) is 0 Å². The molecule has 110 valence electrons. The maximum Gasteiger partial charge on any atom is 0.0672 e. The topological polar surface area (TPSA) is 44.9 Å². The summed E-state index contributed by atoms with van der Waals surface area (Å²) in [7, 11) is 4.09. The van der Waals surface area contributed by atoms with Gasteiger partial charge in [0.1, 0.15) is 0 Å². The van der Waals surface area contributed by atoms with Gasteiger partial charge < -0.3 is 0 Å². The van der Waals surface area contributed by atoms with Crippen LogP contribution in [0.4, 0.5) is 0 Å². The first-order valence-corrected chi connectivity index (χ1v) is 7.71. The molecule has 0 aromatic carbocycles. The average Bonchev–Trinajstić information content (AvgIpc) is 2.84. The minimum Gasteiger partial charge on any atom is -0.298 e. The van der Waals surface area contributed by atoms with Gasteiger partial charge >= 0.3 is 0 Å². The first-order valence-electron chi connectivity index (χ1n) is 7.71. The predicted molar refractivity (Wildman–Crippen MR) is 79.8 cm³/mol. The van der Waals surface area contributed by atoms with Crippen molar-refractivity contribution < 1.29 is 0 Å². The highest BCUT2D eigenvalue weighted by Gasteiger charge is 2.32. The zero-order valence-electron chi connectivity index (χ0n) is 12.9. The smallest absolute Gasteiger partial charge is 0.0672 e. The van der Waals surface area contributed by atoms with Crippen molar-refractivity contribution in [3.8, 4) is 6.07 Å². The van der Waals surface area contributed by atoms with Crippen LogP contribution in [0.5, 0.6) is 0 Å². The van der Waals surface area contributed by atoms with Crippen molar-refractivity contribution in [3.05, 3.63) is 18.0 Å². The van der Waals surface area contributed by atoms with Crippen LogP contribution >= 0.6 is 0 Å². The highest BCUT2D eigenvalue weighted by Crippen LogP contribution is 2.34. The quantitative estimate of drug-likeness (QED) is 0.829. The molecule has 0 spiro atoms. The zero-order valence-corrected chi connectivity index (χ0v) is 12.9. The molecule has 2 rings (SSSR count). The number of nitriles is 1. The number of nitrogens with zero attached hydrogens (tertiary/aromatic N) is 4. The van der Waals surface area contributed by atoms with E-state index >= 15 is 0 Å². The van der Waals surface area contributed by atoms with Gasteiger partial charge in [-0.15, -0.1) is 0 Å². The molecule has 3 unspecified atom stereocenters. The molecule has 1 aliphatic carbocycles. The van der Waals surface area contributed by atoms with Crippen LogP contribution in [0.1, 0.15) is 44.6 Å². The summed E-state index contributed by atoms with van der Waals surface area (Å²) in [6.45, 7) is 3.14. The Morgan fingerprint density at radius 3 is 2.90 bits per heavy atom. The minimum atomic E-state index is 0.185. The molecule has 0 bridgehead atoms. The highest BCUT2D eigenvalue weighted by molar-refractivity contribution is 5.05. The Labute approximate surface area is 122 Å². The van der Waals surface area contributed by atoms with Crippen LogP contribution in [0.15, 0.2) is 12.4 Å². The monoisotopic (exact) mass is 274 g/mol. The van der Waals surface area contributed by atoms with Crippen LogP contribution in [0.2, 0.25) is 0 Å². The number of rotatable bonds is 5. The summed E-state index contributed by atoms with van der Waals surface area (Å²) < 4.78 is 1.84. The molecule has 0 saturated heterocycles. The van der Waals surface area contributed by atoms with E-state index in [-0.39, 0.29) is 5.92 Å². The largest absolute Gasteiger partial charge is 0.298 e. The molecule has 3 atom stereocenters.